The average Bonchev–Trinajstić information content (AvgIpc) is 2.42. The van der Waals surface area contributed by atoms with E-state index in [9.17, 15) is 35.9 Å². The fourth-order valence-electron chi connectivity index (χ4n) is 2.24. The van der Waals surface area contributed by atoms with Crippen LogP contribution >= 0.6 is 0 Å². The molecule has 30 heavy (non-hydrogen) atoms. The highest BCUT2D eigenvalue weighted by Crippen LogP contribution is 2.35. The monoisotopic (exact) mass is 500 g/mol. The van der Waals surface area contributed by atoms with Crippen molar-refractivity contribution in [3.05, 3.63) is 12.2 Å². The average molecular weight is 501 g/mol. The van der Waals surface area contributed by atoms with Gasteiger partial charge >= 0.3 is 32.9 Å². The van der Waals surface area contributed by atoms with Crippen LogP contribution in [0.1, 0.15) is 0 Å². The molecule has 0 saturated heterocycles. The van der Waals surface area contributed by atoms with Crippen molar-refractivity contribution in [2.24, 2.45) is 0 Å². The Labute approximate surface area is 174 Å². The van der Waals surface area contributed by atoms with Gasteiger partial charge in [-0.15, -0.1) is 0 Å². The second kappa shape index (κ2) is 9.97. The molecule has 0 heterocycles. The zero-order chi connectivity index (χ0) is 24.2. The van der Waals surface area contributed by atoms with Gasteiger partial charge in [0.2, 0.25) is 0 Å². The van der Waals surface area contributed by atoms with Crippen LogP contribution in [0, 0.1) is 0 Å². The van der Waals surface area contributed by atoms with E-state index in [2.05, 4.69) is 4.74 Å². The van der Waals surface area contributed by atoms with Crippen molar-refractivity contribution in [2.45, 2.75) is 64.3 Å². The second-order valence-corrected chi connectivity index (χ2v) is 21.0. The van der Waals surface area contributed by atoms with Crippen LogP contribution in [-0.4, -0.2) is 61.8 Å². The van der Waals surface area contributed by atoms with Crippen LogP contribution in [-0.2, 0) is 27.3 Å². The van der Waals surface area contributed by atoms with E-state index in [0.717, 1.165) is 0 Å². The van der Waals surface area contributed by atoms with Gasteiger partial charge < -0.3 is 17.7 Å². The maximum absolute atomic E-state index is 12.4. The van der Waals surface area contributed by atoms with Crippen molar-refractivity contribution in [2.75, 3.05) is 6.23 Å². The van der Waals surface area contributed by atoms with Crippen molar-refractivity contribution in [3.63, 3.8) is 0 Å². The molecule has 15 heteroatoms. The smallest absolute Gasteiger partial charge is 0.434 e. The van der Waals surface area contributed by atoms with Crippen LogP contribution in [0.25, 0.3) is 0 Å². The fourth-order valence-corrected chi connectivity index (χ4v) is 14.0. The molecule has 0 radical (unpaired) electrons. The first-order valence-electron chi connectivity index (χ1n) is 8.63. The normalized spacial score (nSPS) is 14.3. The third-order valence-electron chi connectivity index (χ3n) is 2.70. The summed E-state index contributed by atoms with van der Waals surface area (Å²) >= 11 is 0. The minimum absolute atomic E-state index is 0.129. The highest BCUT2D eigenvalue weighted by molar-refractivity contribution is 6.87. The van der Waals surface area contributed by atoms with E-state index in [1.165, 1.54) is 0 Å². The number of hydrogen-bond acceptors (Lipinski definition) is 6. The first-order valence-corrected chi connectivity index (χ1v) is 18.0. The van der Waals surface area contributed by atoms with E-state index in [-0.39, 0.29) is 12.3 Å². The molecular formula is C15H26F6O6Si3. The van der Waals surface area contributed by atoms with Gasteiger partial charge in [0.25, 0.3) is 6.10 Å². The van der Waals surface area contributed by atoms with Gasteiger partial charge in [-0.25, -0.2) is 9.59 Å². The van der Waals surface area contributed by atoms with Crippen LogP contribution in [0.4, 0.5) is 26.3 Å². The van der Waals surface area contributed by atoms with Gasteiger partial charge in [-0.1, -0.05) is 0 Å². The van der Waals surface area contributed by atoms with Crippen molar-refractivity contribution in [1.82, 2.24) is 0 Å². The SMILES string of the molecule is C[Si](C)(C)O[Si](C)(COC(=O)C=CC(=O)OC(C(F)(F)F)C(F)(F)F)O[Si](C)(C)C. The van der Waals surface area contributed by atoms with Gasteiger partial charge in [0.15, 0.2) is 16.6 Å². The first-order chi connectivity index (χ1) is 13.0. The number of alkyl halides is 6. The topological polar surface area (TPSA) is 71.1 Å². The Morgan fingerprint density at radius 1 is 0.767 bits per heavy atom. The van der Waals surface area contributed by atoms with Crippen LogP contribution in [0.2, 0.25) is 45.8 Å². The van der Waals surface area contributed by atoms with E-state index < -0.39 is 55.6 Å². The van der Waals surface area contributed by atoms with Crippen LogP contribution < -0.4 is 0 Å². The molecule has 0 aliphatic rings. The minimum atomic E-state index is -5.85. The molecule has 0 spiro atoms. The molecule has 0 aliphatic heterocycles. The molecule has 0 aromatic heterocycles. The van der Waals surface area contributed by atoms with E-state index in [4.69, 9.17) is 13.0 Å². The summed E-state index contributed by atoms with van der Waals surface area (Å²) in [7, 11) is -7.17. The van der Waals surface area contributed by atoms with E-state index in [1.807, 2.05) is 39.3 Å². The van der Waals surface area contributed by atoms with Gasteiger partial charge in [-0.2, -0.15) is 26.3 Å². The summed E-state index contributed by atoms with van der Waals surface area (Å²) in [5.74, 6) is -3.16. The van der Waals surface area contributed by atoms with Crippen molar-refractivity contribution in [3.8, 4) is 0 Å². The number of halogens is 6. The Bertz CT molecular complexity index is 607. The molecule has 0 rings (SSSR count). The lowest BCUT2D eigenvalue weighted by atomic mass is 10.3. The predicted molar refractivity (Wildman–Crippen MR) is 103 cm³/mol. The lowest BCUT2D eigenvalue weighted by Gasteiger charge is -2.37. The van der Waals surface area contributed by atoms with E-state index in [1.54, 1.807) is 6.55 Å². The van der Waals surface area contributed by atoms with Crippen LogP contribution in [0.15, 0.2) is 12.2 Å². The summed E-state index contributed by atoms with van der Waals surface area (Å²) in [5, 5.41) is 0. The Morgan fingerprint density at radius 2 is 1.13 bits per heavy atom. The van der Waals surface area contributed by atoms with Gasteiger partial charge in [-0.3, -0.25) is 0 Å². The molecule has 0 aromatic rings. The largest absolute Gasteiger partial charge is 0.461 e. The molecule has 0 atom stereocenters. The summed E-state index contributed by atoms with van der Waals surface area (Å²) in [6, 6.07) is 0. The maximum Gasteiger partial charge on any atom is 0.434 e. The van der Waals surface area contributed by atoms with E-state index in [0.29, 0.717) is 6.08 Å². The number of esters is 2. The summed E-state index contributed by atoms with van der Waals surface area (Å²) < 4.78 is 94.7. The molecule has 0 fully saturated rings. The molecule has 0 N–H and O–H groups in total. The summed E-state index contributed by atoms with van der Waals surface area (Å²) in [6.45, 7) is 13.1. The fraction of sp³-hybridized carbons (Fsp3) is 0.733. The molecule has 176 valence electrons. The van der Waals surface area contributed by atoms with Gasteiger partial charge in [-0.05, 0) is 45.8 Å². The number of ether oxygens (including phenoxy) is 2. The summed E-state index contributed by atoms with van der Waals surface area (Å²) in [5.41, 5.74) is 0. The molecule has 0 aliphatic carbocycles. The zero-order valence-electron chi connectivity index (χ0n) is 17.7. The van der Waals surface area contributed by atoms with E-state index >= 15 is 0 Å². The van der Waals surface area contributed by atoms with Crippen LogP contribution in [0.5, 0.6) is 0 Å². The maximum atomic E-state index is 12.4. The zero-order valence-corrected chi connectivity index (χ0v) is 20.7. The molecule has 6 nitrogen and oxygen atoms in total. The second-order valence-electron chi connectivity index (χ2n) is 8.40. The minimum Gasteiger partial charge on any atom is -0.461 e. The van der Waals surface area contributed by atoms with Gasteiger partial charge in [0.05, 0.1) is 0 Å². The van der Waals surface area contributed by atoms with Crippen molar-refractivity contribution < 1.29 is 53.6 Å². The highest BCUT2D eigenvalue weighted by atomic mass is 28.5. The Hall–Kier alpha value is -1.17. The molecule has 0 amide bonds. The Kier molecular flexibility index (Phi) is 9.58. The third-order valence-corrected chi connectivity index (χ3v) is 11.7. The summed E-state index contributed by atoms with van der Waals surface area (Å²) in [6.07, 6.45) is -15.8. The number of carbonyl (C=O) groups is 2. The standard InChI is InChI=1S/C15H26F6O6Si3/c1-28(2,3)26-30(7,27-29(4,5)6)10-24-11(22)8-9-12(23)25-13(14(16,17)18)15(19,20)21/h8-9,13H,10H2,1-7H3. The molecule has 0 aromatic carbocycles. The van der Waals surface area contributed by atoms with Gasteiger partial charge in [0, 0.05) is 12.2 Å². The third kappa shape index (κ3) is 12.5. The summed E-state index contributed by atoms with van der Waals surface area (Å²) in [4.78, 5) is 23.1. The molecule has 0 bridgehead atoms. The Morgan fingerprint density at radius 3 is 1.47 bits per heavy atom. The Balaban J connectivity index is 5.08. The lowest BCUT2D eigenvalue weighted by Crippen LogP contribution is -2.56. The first kappa shape index (κ1) is 28.8. The van der Waals surface area contributed by atoms with Crippen molar-refractivity contribution in [1.29, 1.82) is 0 Å². The predicted octanol–water partition coefficient (Wildman–Crippen LogP) is 4.44. The lowest BCUT2D eigenvalue weighted by molar-refractivity contribution is -0.312. The number of carbonyl (C=O) groups excluding carboxylic acids is 2. The van der Waals surface area contributed by atoms with Crippen molar-refractivity contribution >= 4 is 37.1 Å². The highest BCUT2D eigenvalue weighted by Gasteiger charge is 2.59. The molecule has 0 saturated carbocycles. The van der Waals surface area contributed by atoms with Gasteiger partial charge in [0.1, 0.15) is 6.23 Å². The number of rotatable bonds is 9. The molecule has 0 unspecified atom stereocenters. The van der Waals surface area contributed by atoms with Crippen LogP contribution in [0.3, 0.4) is 0 Å². The quantitative estimate of drug-likeness (QED) is 0.202. The number of hydrogen-bond donors (Lipinski definition) is 0. The molecular weight excluding hydrogens is 474 g/mol.